The summed E-state index contributed by atoms with van der Waals surface area (Å²) in [6, 6.07) is 9.47. The number of nitrogens with one attached hydrogen (secondary N) is 1. The maximum absolute atomic E-state index is 13.2. The third-order valence-electron chi connectivity index (χ3n) is 2.85. The van der Waals surface area contributed by atoms with Gasteiger partial charge in [0.15, 0.2) is 11.6 Å². The molecule has 0 fully saturated rings. The van der Waals surface area contributed by atoms with Gasteiger partial charge >= 0.3 is 0 Å². The number of hydrogen-bond donors (Lipinski definition) is 1. The first-order valence-electron chi connectivity index (χ1n) is 6.60. The van der Waals surface area contributed by atoms with E-state index in [0.717, 1.165) is 22.2 Å². The quantitative estimate of drug-likeness (QED) is 0.813. The van der Waals surface area contributed by atoms with Crippen LogP contribution in [0.5, 0.6) is 11.5 Å². The van der Waals surface area contributed by atoms with Gasteiger partial charge in [-0.05, 0) is 24.3 Å². The fourth-order valence-electron chi connectivity index (χ4n) is 1.75. The average molecular weight is 356 g/mol. The molecule has 0 unspecified atom stereocenters. The highest BCUT2D eigenvalue weighted by atomic mass is 79.9. The predicted octanol–water partition coefficient (Wildman–Crippen LogP) is 5.02. The van der Waals surface area contributed by atoms with Gasteiger partial charge in [-0.1, -0.05) is 35.8 Å². The fourth-order valence-corrected chi connectivity index (χ4v) is 2.09. The van der Waals surface area contributed by atoms with Crippen molar-refractivity contribution in [3.05, 3.63) is 58.1 Å². The normalized spacial score (nSPS) is 11.0. The van der Waals surface area contributed by atoms with E-state index in [4.69, 9.17) is 4.74 Å². The Hall–Kier alpha value is -1.46. The van der Waals surface area contributed by atoms with Crippen LogP contribution in [-0.2, 0) is 6.54 Å². The molecule has 0 radical (unpaired) electrons. The Labute approximate surface area is 131 Å². The highest BCUT2D eigenvalue weighted by molar-refractivity contribution is 9.10. The number of halogens is 3. The van der Waals surface area contributed by atoms with Gasteiger partial charge in [0.1, 0.15) is 11.5 Å². The van der Waals surface area contributed by atoms with Crippen LogP contribution in [0.4, 0.5) is 8.78 Å². The molecule has 0 aliphatic heterocycles. The summed E-state index contributed by atoms with van der Waals surface area (Å²) in [4.78, 5) is 0. The molecule has 2 aromatic rings. The molecular weight excluding hydrogens is 340 g/mol. The summed E-state index contributed by atoms with van der Waals surface area (Å²) in [6.07, 6.45) is 0. The Morgan fingerprint density at radius 1 is 1.10 bits per heavy atom. The molecule has 1 N–H and O–H groups in total. The minimum Gasteiger partial charge on any atom is -0.457 e. The average Bonchev–Trinajstić information content (AvgIpc) is 2.42. The van der Waals surface area contributed by atoms with Crippen molar-refractivity contribution in [3.8, 4) is 11.5 Å². The Balaban J connectivity index is 2.24. The molecule has 5 heteroatoms. The molecule has 21 heavy (non-hydrogen) atoms. The maximum Gasteiger partial charge on any atom is 0.162 e. The molecule has 0 spiro atoms. The second kappa shape index (κ2) is 7.00. The SMILES string of the molecule is CC(C)NCc1ccc(Br)cc1Oc1ccc(F)c(F)c1. The van der Waals surface area contributed by atoms with Crippen LogP contribution in [0.1, 0.15) is 19.4 Å². The van der Waals surface area contributed by atoms with E-state index in [2.05, 4.69) is 35.1 Å². The van der Waals surface area contributed by atoms with Crippen LogP contribution < -0.4 is 10.1 Å². The molecular formula is C16H16BrF2NO. The zero-order chi connectivity index (χ0) is 15.4. The number of hydrogen-bond acceptors (Lipinski definition) is 2. The van der Waals surface area contributed by atoms with E-state index in [1.165, 1.54) is 6.07 Å². The van der Waals surface area contributed by atoms with Crippen molar-refractivity contribution in [2.75, 3.05) is 0 Å². The summed E-state index contributed by atoms with van der Waals surface area (Å²) in [5.74, 6) is -0.955. The minimum absolute atomic E-state index is 0.262. The fraction of sp³-hybridized carbons (Fsp3) is 0.250. The molecule has 0 aliphatic carbocycles. The lowest BCUT2D eigenvalue weighted by molar-refractivity contribution is 0.453. The van der Waals surface area contributed by atoms with Crippen LogP contribution in [-0.4, -0.2) is 6.04 Å². The first kappa shape index (κ1) is 15.9. The van der Waals surface area contributed by atoms with Crippen molar-refractivity contribution >= 4 is 15.9 Å². The van der Waals surface area contributed by atoms with E-state index >= 15 is 0 Å². The lowest BCUT2D eigenvalue weighted by Crippen LogP contribution is -2.22. The van der Waals surface area contributed by atoms with E-state index in [1.54, 1.807) is 6.07 Å². The standard InChI is InChI=1S/C16H16BrF2NO/c1-10(2)20-9-11-3-4-12(17)7-16(11)21-13-5-6-14(18)15(19)8-13/h3-8,10,20H,9H2,1-2H3. The molecule has 0 saturated heterocycles. The Kier molecular flexibility index (Phi) is 5.31. The summed E-state index contributed by atoms with van der Waals surface area (Å²) < 4.78 is 32.7. The third-order valence-corrected chi connectivity index (χ3v) is 3.34. The van der Waals surface area contributed by atoms with Crippen molar-refractivity contribution in [3.63, 3.8) is 0 Å². The number of rotatable bonds is 5. The van der Waals surface area contributed by atoms with Crippen LogP contribution in [0.3, 0.4) is 0 Å². The van der Waals surface area contributed by atoms with Gasteiger partial charge in [-0.25, -0.2) is 8.78 Å². The Bertz CT molecular complexity index is 632. The van der Waals surface area contributed by atoms with Gasteiger partial charge < -0.3 is 10.1 Å². The van der Waals surface area contributed by atoms with E-state index in [-0.39, 0.29) is 5.75 Å². The van der Waals surface area contributed by atoms with Crippen molar-refractivity contribution in [1.82, 2.24) is 5.32 Å². The lowest BCUT2D eigenvalue weighted by atomic mass is 10.2. The number of ether oxygens (including phenoxy) is 1. The first-order valence-corrected chi connectivity index (χ1v) is 7.39. The van der Waals surface area contributed by atoms with Crippen LogP contribution in [0.2, 0.25) is 0 Å². The van der Waals surface area contributed by atoms with Crippen LogP contribution in [0.25, 0.3) is 0 Å². The molecule has 0 amide bonds. The van der Waals surface area contributed by atoms with Crippen LogP contribution in [0.15, 0.2) is 40.9 Å². The van der Waals surface area contributed by atoms with Gasteiger partial charge in [-0.3, -0.25) is 0 Å². The molecule has 2 nitrogen and oxygen atoms in total. The predicted molar refractivity (Wildman–Crippen MR) is 82.5 cm³/mol. The summed E-state index contributed by atoms with van der Waals surface area (Å²) >= 11 is 3.38. The minimum atomic E-state index is -0.927. The maximum atomic E-state index is 13.2. The highest BCUT2D eigenvalue weighted by Gasteiger charge is 2.09. The molecule has 2 rings (SSSR count). The summed E-state index contributed by atoms with van der Waals surface area (Å²) in [5.41, 5.74) is 0.941. The van der Waals surface area contributed by atoms with Crippen molar-refractivity contribution in [1.29, 1.82) is 0 Å². The summed E-state index contributed by atoms with van der Waals surface area (Å²) in [5, 5.41) is 3.30. The van der Waals surface area contributed by atoms with E-state index < -0.39 is 11.6 Å². The summed E-state index contributed by atoms with van der Waals surface area (Å²) in [6.45, 7) is 4.73. The topological polar surface area (TPSA) is 21.3 Å². The third kappa shape index (κ3) is 4.51. The van der Waals surface area contributed by atoms with Crippen LogP contribution >= 0.6 is 15.9 Å². The molecule has 0 saturated carbocycles. The molecule has 0 aromatic heterocycles. The van der Waals surface area contributed by atoms with Gasteiger partial charge in [0.05, 0.1) is 0 Å². The van der Waals surface area contributed by atoms with Gasteiger partial charge in [-0.15, -0.1) is 0 Å². The molecule has 0 aliphatic rings. The molecule has 0 heterocycles. The van der Waals surface area contributed by atoms with Gasteiger partial charge in [0, 0.05) is 28.7 Å². The van der Waals surface area contributed by atoms with E-state index in [9.17, 15) is 8.78 Å². The molecule has 0 atom stereocenters. The van der Waals surface area contributed by atoms with E-state index in [0.29, 0.717) is 18.3 Å². The van der Waals surface area contributed by atoms with Gasteiger partial charge in [0.2, 0.25) is 0 Å². The Morgan fingerprint density at radius 2 is 1.86 bits per heavy atom. The summed E-state index contributed by atoms with van der Waals surface area (Å²) in [7, 11) is 0. The first-order chi connectivity index (χ1) is 9.95. The monoisotopic (exact) mass is 355 g/mol. The van der Waals surface area contributed by atoms with Gasteiger partial charge in [-0.2, -0.15) is 0 Å². The lowest BCUT2D eigenvalue weighted by Gasteiger charge is -2.14. The molecule has 112 valence electrons. The molecule has 0 bridgehead atoms. The highest BCUT2D eigenvalue weighted by Crippen LogP contribution is 2.29. The molecule has 2 aromatic carbocycles. The Morgan fingerprint density at radius 3 is 2.52 bits per heavy atom. The van der Waals surface area contributed by atoms with Crippen molar-refractivity contribution in [2.24, 2.45) is 0 Å². The largest absolute Gasteiger partial charge is 0.457 e. The second-order valence-corrected chi connectivity index (χ2v) is 5.88. The number of benzene rings is 2. The second-order valence-electron chi connectivity index (χ2n) is 4.97. The van der Waals surface area contributed by atoms with Crippen LogP contribution in [0, 0.1) is 11.6 Å². The van der Waals surface area contributed by atoms with E-state index in [1.807, 2.05) is 12.1 Å². The zero-order valence-corrected chi connectivity index (χ0v) is 13.4. The van der Waals surface area contributed by atoms with Crippen molar-refractivity contribution in [2.45, 2.75) is 26.4 Å². The van der Waals surface area contributed by atoms with Gasteiger partial charge in [0.25, 0.3) is 0 Å². The van der Waals surface area contributed by atoms with Crippen molar-refractivity contribution < 1.29 is 13.5 Å². The smallest absolute Gasteiger partial charge is 0.162 e. The zero-order valence-electron chi connectivity index (χ0n) is 11.8.